The molecule has 1 saturated heterocycles. The van der Waals surface area contributed by atoms with Gasteiger partial charge in [0.05, 0.1) is 6.04 Å². The molecule has 1 heterocycles. The second-order valence-electron chi connectivity index (χ2n) is 5.28. The molecule has 128 valence electrons. The van der Waals surface area contributed by atoms with Gasteiger partial charge >= 0.3 is 0 Å². The molecule has 0 aliphatic carbocycles. The Hall–Kier alpha value is -1.58. The van der Waals surface area contributed by atoms with E-state index in [9.17, 15) is 22.0 Å². The zero-order chi connectivity index (χ0) is 17.2. The predicted octanol–water partition coefficient (Wildman–Crippen LogP) is 0.406. The molecule has 23 heavy (non-hydrogen) atoms. The first-order valence-electron chi connectivity index (χ1n) is 7.19. The predicted molar refractivity (Wildman–Crippen MR) is 80.2 cm³/mol. The second-order valence-corrected chi connectivity index (χ2v) is 7.16. The molecule has 0 aromatic heterocycles. The lowest BCUT2D eigenvalue weighted by Gasteiger charge is -2.36. The molecule has 1 atom stereocenters. The molecular formula is C14H19F2N3O3S. The number of halogens is 2. The Morgan fingerprint density at radius 2 is 1.70 bits per heavy atom. The van der Waals surface area contributed by atoms with Crippen LogP contribution in [-0.2, 0) is 14.8 Å². The van der Waals surface area contributed by atoms with Gasteiger partial charge in [-0.15, -0.1) is 0 Å². The van der Waals surface area contributed by atoms with Crippen molar-refractivity contribution in [1.82, 2.24) is 14.5 Å². The van der Waals surface area contributed by atoms with Gasteiger partial charge in [-0.25, -0.2) is 17.2 Å². The van der Waals surface area contributed by atoms with Gasteiger partial charge in [-0.2, -0.15) is 4.31 Å². The summed E-state index contributed by atoms with van der Waals surface area (Å²) < 4.78 is 53.4. The molecule has 1 aliphatic rings. The van der Waals surface area contributed by atoms with Crippen molar-refractivity contribution in [3.63, 3.8) is 0 Å². The molecule has 1 aromatic rings. The van der Waals surface area contributed by atoms with Crippen molar-refractivity contribution in [3.8, 4) is 0 Å². The van der Waals surface area contributed by atoms with E-state index in [0.29, 0.717) is 13.1 Å². The highest BCUT2D eigenvalue weighted by Crippen LogP contribution is 2.23. The number of hydrogen-bond donors (Lipinski definition) is 1. The molecule has 0 unspecified atom stereocenters. The number of nitrogens with one attached hydrogen (secondary N) is 1. The van der Waals surface area contributed by atoms with Crippen LogP contribution in [-0.4, -0.2) is 62.8 Å². The summed E-state index contributed by atoms with van der Waals surface area (Å²) in [6, 6.07) is 2.56. The van der Waals surface area contributed by atoms with Gasteiger partial charge in [0.15, 0.2) is 4.90 Å². The number of amides is 1. The molecule has 1 N–H and O–H groups in total. The molecule has 1 aliphatic heterocycles. The van der Waals surface area contributed by atoms with Crippen LogP contribution < -0.4 is 5.32 Å². The summed E-state index contributed by atoms with van der Waals surface area (Å²) in [5.41, 5.74) is 0. The van der Waals surface area contributed by atoms with Crippen LogP contribution in [0.1, 0.15) is 6.92 Å². The van der Waals surface area contributed by atoms with E-state index in [1.165, 1.54) is 7.05 Å². The van der Waals surface area contributed by atoms with Crippen LogP contribution in [0.4, 0.5) is 8.78 Å². The van der Waals surface area contributed by atoms with Gasteiger partial charge in [-0.3, -0.25) is 9.69 Å². The molecule has 0 spiro atoms. The van der Waals surface area contributed by atoms with Crippen molar-refractivity contribution in [3.05, 3.63) is 29.8 Å². The first-order valence-corrected chi connectivity index (χ1v) is 8.63. The van der Waals surface area contributed by atoms with Crippen LogP contribution in [0.5, 0.6) is 0 Å². The van der Waals surface area contributed by atoms with E-state index < -0.39 is 32.6 Å². The van der Waals surface area contributed by atoms with Crippen LogP contribution in [0.2, 0.25) is 0 Å². The summed E-state index contributed by atoms with van der Waals surface area (Å²) in [5.74, 6) is -2.38. The fraction of sp³-hybridized carbons (Fsp3) is 0.500. The maximum absolute atomic E-state index is 13.7. The van der Waals surface area contributed by atoms with E-state index in [1.54, 1.807) is 6.92 Å². The third kappa shape index (κ3) is 3.51. The fourth-order valence-corrected chi connectivity index (χ4v) is 4.10. The highest BCUT2D eigenvalue weighted by molar-refractivity contribution is 7.89. The minimum atomic E-state index is -4.24. The SMILES string of the molecule is CNC(=O)[C@H](C)N1CCN(S(=O)(=O)c2c(F)cccc2F)CC1. The van der Waals surface area contributed by atoms with E-state index in [0.717, 1.165) is 22.5 Å². The Morgan fingerprint density at radius 1 is 1.17 bits per heavy atom. The van der Waals surface area contributed by atoms with Gasteiger partial charge in [-0.1, -0.05) is 6.07 Å². The maximum atomic E-state index is 13.7. The number of rotatable bonds is 4. The van der Waals surface area contributed by atoms with Gasteiger partial charge in [-0.05, 0) is 19.1 Å². The van der Waals surface area contributed by atoms with Crippen molar-refractivity contribution < 1.29 is 22.0 Å². The van der Waals surface area contributed by atoms with Crippen molar-refractivity contribution >= 4 is 15.9 Å². The van der Waals surface area contributed by atoms with Crippen LogP contribution >= 0.6 is 0 Å². The molecular weight excluding hydrogens is 328 g/mol. The van der Waals surface area contributed by atoms with Crippen molar-refractivity contribution in [2.24, 2.45) is 0 Å². The van der Waals surface area contributed by atoms with Gasteiger partial charge in [0, 0.05) is 33.2 Å². The standard InChI is InChI=1S/C14H19F2N3O3S/c1-10(14(20)17-2)18-6-8-19(9-7-18)23(21,22)13-11(15)4-3-5-12(13)16/h3-5,10H,6-9H2,1-2H3,(H,17,20)/t10-/m0/s1. The summed E-state index contributed by atoms with van der Waals surface area (Å²) >= 11 is 0. The number of carbonyl (C=O) groups excluding carboxylic acids is 1. The summed E-state index contributed by atoms with van der Waals surface area (Å²) in [4.78, 5) is 12.5. The monoisotopic (exact) mass is 347 g/mol. The largest absolute Gasteiger partial charge is 0.358 e. The van der Waals surface area contributed by atoms with Crippen LogP contribution in [0.25, 0.3) is 0 Å². The third-order valence-corrected chi connectivity index (χ3v) is 5.91. The van der Waals surface area contributed by atoms with Crippen molar-refractivity contribution in [2.45, 2.75) is 17.9 Å². The summed E-state index contributed by atoms with van der Waals surface area (Å²) in [6.07, 6.45) is 0. The second kappa shape index (κ2) is 6.90. The molecule has 6 nitrogen and oxygen atoms in total. The van der Waals surface area contributed by atoms with Crippen molar-refractivity contribution in [1.29, 1.82) is 0 Å². The number of hydrogen-bond acceptors (Lipinski definition) is 4. The molecule has 0 bridgehead atoms. The van der Waals surface area contributed by atoms with Gasteiger partial charge < -0.3 is 5.32 Å². The molecule has 1 amide bonds. The molecule has 0 radical (unpaired) electrons. The average molecular weight is 347 g/mol. The highest BCUT2D eigenvalue weighted by Gasteiger charge is 2.34. The molecule has 1 aromatic carbocycles. The van der Waals surface area contributed by atoms with E-state index in [-0.39, 0.29) is 19.0 Å². The lowest BCUT2D eigenvalue weighted by atomic mass is 10.2. The molecule has 9 heteroatoms. The van der Waals surface area contributed by atoms with E-state index in [1.807, 2.05) is 4.90 Å². The van der Waals surface area contributed by atoms with Gasteiger partial charge in [0.1, 0.15) is 11.6 Å². The highest BCUT2D eigenvalue weighted by atomic mass is 32.2. The zero-order valence-corrected chi connectivity index (χ0v) is 13.7. The molecule has 0 saturated carbocycles. The quantitative estimate of drug-likeness (QED) is 0.856. The number of nitrogens with zero attached hydrogens (tertiary/aromatic N) is 2. The van der Waals surface area contributed by atoms with Gasteiger partial charge in [0.2, 0.25) is 15.9 Å². The average Bonchev–Trinajstić information content (AvgIpc) is 2.53. The Bertz CT molecular complexity index is 668. The molecule has 2 rings (SSSR count). The zero-order valence-electron chi connectivity index (χ0n) is 12.9. The number of sulfonamides is 1. The third-order valence-electron chi connectivity index (χ3n) is 3.96. The lowest BCUT2D eigenvalue weighted by molar-refractivity contribution is -0.125. The number of piperazine rings is 1. The summed E-state index contributed by atoms with van der Waals surface area (Å²) in [6.45, 7) is 2.47. The van der Waals surface area contributed by atoms with E-state index in [2.05, 4.69) is 5.32 Å². The Morgan fingerprint density at radius 3 is 2.17 bits per heavy atom. The Balaban J connectivity index is 2.15. The maximum Gasteiger partial charge on any atom is 0.249 e. The first-order chi connectivity index (χ1) is 10.8. The number of likely N-dealkylation sites (N-methyl/N-ethyl adjacent to an activating group) is 1. The molecule has 1 fully saturated rings. The topological polar surface area (TPSA) is 69.7 Å². The Labute approximate surface area is 134 Å². The number of benzene rings is 1. The van der Waals surface area contributed by atoms with Crippen LogP contribution in [0, 0.1) is 11.6 Å². The summed E-state index contributed by atoms with van der Waals surface area (Å²) in [7, 11) is -2.71. The van der Waals surface area contributed by atoms with E-state index in [4.69, 9.17) is 0 Å². The smallest absolute Gasteiger partial charge is 0.249 e. The first kappa shape index (κ1) is 17.8. The number of carbonyl (C=O) groups is 1. The van der Waals surface area contributed by atoms with Crippen LogP contribution in [0.3, 0.4) is 0 Å². The fourth-order valence-electron chi connectivity index (χ4n) is 2.56. The summed E-state index contributed by atoms with van der Waals surface area (Å²) in [5, 5.41) is 2.53. The minimum Gasteiger partial charge on any atom is -0.358 e. The van der Waals surface area contributed by atoms with Gasteiger partial charge in [0.25, 0.3) is 0 Å². The normalized spacial score (nSPS) is 18.6. The van der Waals surface area contributed by atoms with Crippen LogP contribution in [0.15, 0.2) is 23.1 Å². The minimum absolute atomic E-state index is 0.0669. The van der Waals surface area contributed by atoms with Crippen molar-refractivity contribution in [2.75, 3.05) is 33.2 Å². The van der Waals surface area contributed by atoms with E-state index >= 15 is 0 Å². The lowest BCUT2D eigenvalue weighted by Crippen LogP contribution is -2.54. The Kier molecular flexibility index (Phi) is 5.33.